The molecule has 3 aliphatic carbocycles. The average molecular weight is 350 g/mol. The fourth-order valence-corrected chi connectivity index (χ4v) is 5.47. The largest absolute Gasteiger partial charge is 0.396 e. The van der Waals surface area contributed by atoms with Crippen molar-refractivity contribution in [3.05, 3.63) is 22.8 Å². The minimum absolute atomic E-state index is 0.112. The summed E-state index contributed by atoms with van der Waals surface area (Å²) < 4.78 is 5.33. The predicted octanol–water partition coefficient (Wildman–Crippen LogP) is 2.83. The van der Waals surface area contributed by atoms with Gasteiger partial charge in [0.05, 0.1) is 12.7 Å². The molecular formula is C21H34O4. The molecule has 0 aromatic heterocycles. The Balaban J connectivity index is 2.11. The minimum atomic E-state index is -0.912. The molecule has 3 N–H and O–H groups in total. The molecule has 3 rings (SSSR count). The third-order valence-corrected chi connectivity index (χ3v) is 7.18. The van der Waals surface area contributed by atoms with Crippen LogP contribution in [0.15, 0.2) is 22.8 Å². The third-order valence-electron chi connectivity index (χ3n) is 7.18. The fraction of sp³-hybridized carbons (Fsp3) is 0.810. The molecule has 0 heterocycles. The number of hydrogen-bond donors (Lipinski definition) is 3. The van der Waals surface area contributed by atoms with Crippen molar-refractivity contribution < 1.29 is 20.1 Å². The van der Waals surface area contributed by atoms with E-state index in [1.807, 2.05) is 0 Å². The van der Waals surface area contributed by atoms with Crippen LogP contribution in [0.5, 0.6) is 0 Å². The summed E-state index contributed by atoms with van der Waals surface area (Å²) in [6.45, 7) is 6.86. The molecule has 25 heavy (non-hydrogen) atoms. The lowest BCUT2D eigenvalue weighted by Crippen LogP contribution is -2.38. The number of rotatable bonds is 4. The molecule has 0 amide bonds. The Hall–Kier alpha value is -0.680. The van der Waals surface area contributed by atoms with Gasteiger partial charge in [-0.1, -0.05) is 38.0 Å². The SMILES string of the molecule is COC[C@@]1(O)CC[C@@H]2/C1=C\[C@@]1(C)CCC([C@H](C)CO)=C1C[C@H](O)[C@@H]2C. The number of ether oxygens (including phenoxy) is 1. The van der Waals surface area contributed by atoms with Gasteiger partial charge in [0.1, 0.15) is 5.60 Å². The Morgan fingerprint density at radius 2 is 2.08 bits per heavy atom. The molecule has 142 valence electrons. The van der Waals surface area contributed by atoms with Crippen molar-refractivity contribution in [1.29, 1.82) is 0 Å². The highest BCUT2D eigenvalue weighted by atomic mass is 16.5. The Kier molecular flexibility index (Phi) is 5.20. The van der Waals surface area contributed by atoms with Crippen molar-refractivity contribution in [2.45, 2.75) is 64.6 Å². The van der Waals surface area contributed by atoms with Crippen LogP contribution >= 0.6 is 0 Å². The van der Waals surface area contributed by atoms with E-state index in [9.17, 15) is 15.3 Å². The summed E-state index contributed by atoms with van der Waals surface area (Å²) in [6, 6.07) is 0. The molecule has 6 atom stereocenters. The smallest absolute Gasteiger partial charge is 0.109 e. The lowest BCUT2D eigenvalue weighted by molar-refractivity contribution is -0.00114. The summed E-state index contributed by atoms with van der Waals surface area (Å²) in [5, 5.41) is 31.8. The molecule has 0 aromatic carbocycles. The zero-order valence-corrected chi connectivity index (χ0v) is 16.1. The summed E-state index contributed by atoms with van der Waals surface area (Å²) >= 11 is 0. The van der Waals surface area contributed by atoms with Crippen molar-refractivity contribution in [2.24, 2.45) is 23.2 Å². The summed E-state index contributed by atoms with van der Waals surface area (Å²) in [5.74, 6) is 0.461. The summed E-state index contributed by atoms with van der Waals surface area (Å²) in [4.78, 5) is 0. The van der Waals surface area contributed by atoms with Crippen molar-refractivity contribution in [1.82, 2.24) is 0 Å². The molecule has 4 heteroatoms. The van der Waals surface area contributed by atoms with E-state index < -0.39 is 11.7 Å². The van der Waals surface area contributed by atoms with Crippen LogP contribution in [0.1, 0.15) is 52.9 Å². The third kappa shape index (κ3) is 3.12. The van der Waals surface area contributed by atoms with Crippen LogP contribution in [0, 0.1) is 23.2 Å². The first-order valence-corrected chi connectivity index (χ1v) is 9.71. The summed E-state index contributed by atoms with van der Waals surface area (Å²) in [7, 11) is 1.64. The maximum atomic E-state index is 11.2. The van der Waals surface area contributed by atoms with Gasteiger partial charge >= 0.3 is 0 Å². The maximum Gasteiger partial charge on any atom is 0.109 e. The summed E-state index contributed by atoms with van der Waals surface area (Å²) in [5.41, 5.74) is 2.60. The molecule has 0 bridgehead atoms. The maximum absolute atomic E-state index is 11.2. The quantitative estimate of drug-likeness (QED) is 0.682. The molecule has 0 spiro atoms. The first-order valence-electron chi connectivity index (χ1n) is 9.71. The van der Waals surface area contributed by atoms with Gasteiger partial charge in [0.2, 0.25) is 0 Å². The standard InChI is InChI=1S/C21H34O4/c1-13(11-22)15-5-7-20(3)10-18-16(6-8-21(18,24)12-25-4)14(2)19(23)9-17(15)20/h10,13-14,16,19,22-24H,5-9,11-12H2,1-4H3/b18-10+/t13-,14-,16+,19+,20-,21+/m1/s1. The molecular weight excluding hydrogens is 316 g/mol. The molecule has 1 saturated carbocycles. The molecule has 0 aliphatic heterocycles. The van der Waals surface area contributed by atoms with Gasteiger partial charge in [-0.25, -0.2) is 0 Å². The van der Waals surface area contributed by atoms with Crippen LogP contribution in [0.25, 0.3) is 0 Å². The number of methoxy groups -OCH3 is 1. The number of aliphatic hydroxyl groups is 3. The van der Waals surface area contributed by atoms with Crippen LogP contribution in [0.4, 0.5) is 0 Å². The van der Waals surface area contributed by atoms with E-state index in [-0.39, 0.29) is 29.8 Å². The molecule has 4 nitrogen and oxygen atoms in total. The molecule has 0 aromatic rings. The van der Waals surface area contributed by atoms with E-state index in [0.29, 0.717) is 19.4 Å². The van der Waals surface area contributed by atoms with Gasteiger partial charge in [-0.05, 0) is 49.5 Å². The number of hydrogen-bond acceptors (Lipinski definition) is 4. The Bertz CT molecular complexity index is 580. The second-order valence-corrected chi connectivity index (χ2v) is 8.84. The number of aliphatic hydroxyl groups excluding tert-OH is 2. The first kappa shape index (κ1) is 19.1. The Labute approximate surface area is 151 Å². The topological polar surface area (TPSA) is 69.9 Å². The summed E-state index contributed by atoms with van der Waals surface area (Å²) in [6.07, 6.45) is 6.13. The van der Waals surface area contributed by atoms with E-state index in [2.05, 4.69) is 26.8 Å². The highest BCUT2D eigenvalue weighted by Gasteiger charge is 2.50. The van der Waals surface area contributed by atoms with E-state index in [0.717, 1.165) is 24.8 Å². The first-order chi connectivity index (χ1) is 11.8. The highest BCUT2D eigenvalue weighted by molar-refractivity contribution is 5.40. The van der Waals surface area contributed by atoms with Crippen LogP contribution < -0.4 is 0 Å². The van der Waals surface area contributed by atoms with E-state index in [1.54, 1.807) is 7.11 Å². The van der Waals surface area contributed by atoms with Crippen molar-refractivity contribution in [2.75, 3.05) is 20.3 Å². The van der Waals surface area contributed by atoms with Gasteiger partial charge in [0, 0.05) is 25.0 Å². The monoisotopic (exact) mass is 350 g/mol. The number of allylic oxidation sites excluding steroid dienone is 1. The number of fused-ring (bicyclic) bond motifs is 2. The predicted molar refractivity (Wildman–Crippen MR) is 98.0 cm³/mol. The molecule has 1 fully saturated rings. The Morgan fingerprint density at radius 3 is 2.72 bits per heavy atom. The molecule has 3 aliphatic rings. The molecule has 0 radical (unpaired) electrons. The second kappa shape index (κ2) is 6.80. The van der Waals surface area contributed by atoms with E-state index >= 15 is 0 Å². The van der Waals surface area contributed by atoms with Crippen LogP contribution in [-0.4, -0.2) is 47.3 Å². The van der Waals surface area contributed by atoms with Gasteiger partial charge in [-0.3, -0.25) is 0 Å². The van der Waals surface area contributed by atoms with E-state index in [4.69, 9.17) is 4.74 Å². The van der Waals surface area contributed by atoms with Crippen molar-refractivity contribution in [3.8, 4) is 0 Å². The lowest BCUT2D eigenvalue weighted by Gasteiger charge is -2.38. The van der Waals surface area contributed by atoms with Crippen LogP contribution in [-0.2, 0) is 4.74 Å². The molecule has 0 unspecified atom stereocenters. The molecule has 0 saturated heterocycles. The van der Waals surface area contributed by atoms with Crippen LogP contribution in [0.3, 0.4) is 0 Å². The highest BCUT2D eigenvalue weighted by Crippen LogP contribution is 2.55. The van der Waals surface area contributed by atoms with E-state index in [1.165, 1.54) is 11.1 Å². The fourth-order valence-electron chi connectivity index (χ4n) is 5.47. The van der Waals surface area contributed by atoms with Gasteiger partial charge in [-0.15, -0.1) is 0 Å². The zero-order chi connectivity index (χ0) is 18.4. The van der Waals surface area contributed by atoms with Gasteiger partial charge in [0.25, 0.3) is 0 Å². The van der Waals surface area contributed by atoms with Crippen molar-refractivity contribution in [3.63, 3.8) is 0 Å². The second-order valence-electron chi connectivity index (χ2n) is 8.84. The van der Waals surface area contributed by atoms with Gasteiger partial charge in [0.15, 0.2) is 0 Å². The minimum Gasteiger partial charge on any atom is -0.396 e. The van der Waals surface area contributed by atoms with Gasteiger partial charge < -0.3 is 20.1 Å². The average Bonchev–Trinajstić information content (AvgIpc) is 3.05. The Morgan fingerprint density at radius 1 is 1.36 bits per heavy atom. The van der Waals surface area contributed by atoms with Crippen molar-refractivity contribution >= 4 is 0 Å². The normalized spacial score (nSPS) is 44.6. The van der Waals surface area contributed by atoms with Crippen LogP contribution in [0.2, 0.25) is 0 Å². The lowest BCUT2D eigenvalue weighted by atomic mass is 9.69. The van der Waals surface area contributed by atoms with Gasteiger partial charge in [-0.2, -0.15) is 0 Å². The zero-order valence-electron chi connectivity index (χ0n) is 16.1.